The SMILES string of the molecule is CC1(C2(C(=O)O)CCCCC2)C=C(C(=O)COCCOCc2ccccc2)C=N1. The lowest BCUT2D eigenvalue weighted by Gasteiger charge is -2.42. The molecule has 2 aliphatic rings. The van der Waals surface area contributed by atoms with E-state index >= 15 is 0 Å². The summed E-state index contributed by atoms with van der Waals surface area (Å²) in [6.45, 7) is 2.98. The quantitative estimate of drug-likeness (QED) is 0.608. The first-order chi connectivity index (χ1) is 14.0. The second-order valence-electron chi connectivity index (χ2n) is 7.97. The zero-order chi connectivity index (χ0) is 20.7. The average molecular weight is 399 g/mol. The lowest BCUT2D eigenvalue weighted by molar-refractivity contribution is -0.154. The zero-order valence-electron chi connectivity index (χ0n) is 16.9. The Morgan fingerprint density at radius 3 is 2.45 bits per heavy atom. The van der Waals surface area contributed by atoms with Crippen LogP contribution in [0.3, 0.4) is 0 Å². The molecular weight excluding hydrogens is 370 g/mol. The largest absolute Gasteiger partial charge is 0.481 e. The number of carboxylic acid groups (broad SMARTS) is 1. The molecule has 1 saturated carbocycles. The van der Waals surface area contributed by atoms with E-state index in [1.807, 2.05) is 37.3 Å². The van der Waals surface area contributed by atoms with Crippen LogP contribution in [0.5, 0.6) is 0 Å². The van der Waals surface area contributed by atoms with E-state index in [2.05, 4.69) is 4.99 Å². The van der Waals surface area contributed by atoms with Crippen LogP contribution in [0.15, 0.2) is 47.0 Å². The monoisotopic (exact) mass is 399 g/mol. The Bertz CT molecular complexity index is 780. The Balaban J connectivity index is 1.47. The van der Waals surface area contributed by atoms with Gasteiger partial charge in [0.25, 0.3) is 0 Å². The maximum Gasteiger partial charge on any atom is 0.312 e. The van der Waals surface area contributed by atoms with Crippen LogP contribution in [0.2, 0.25) is 0 Å². The summed E-state index contributed by atoms with van der Waals surface area (Å²) < 4.78 is 11.0. The topological polar surface area (TPSA) is 85.2 Å². The van der Waals surface area contributed by atoms with E-state index in [4.69, 9.17) is 9.47 Å². The van der Waals surface area contributed by atoms with Gasteiger partial charge in [-0.2, -0.15) is 0 Å². The molecule has 6 nitrogen and oxygen atoms in total. The molecule has 0 spiro atoms. The molecule has 1 aliphatic carbocycles. The van der Waals surface area contributed by atoms with E-state index in [0.29, 0.717) is 38.2 Å². The number of hydrogen-bond donors (Lipinski definition) is 1. The van der Waals surface area contributed by atoms with Crippen molar-refractivity contribution in [3.05, 3.63) is 47.5 Å². The molecule has 29 heavy (non-hydrogen) atoms. The summed E-state index contributed by atoms with van der Waals surface area (Å²) in [6, 6.07) is 9.85. The van der Waals surface area contributed by atoms with Gasteiger partial charge in [-0.15, -0.1) is 0 Å². The fourth-order valence-corrected chi connectivity index (χ4v) is 4.22. The molecule has 3 rings (SSSR count). The highest BCUT2D eigenvalue weighted by Crippen LogP contribution is 2.49. The fraction of sp³-hybridized carbons (Fsp3) is 0.522. The van der Waals surface area contributed by atoms with Crippen molar-refractivity contribution in [3.63, 3.8) is 0 Å². The molecule has 156 valence electrons. The first-order valence-corrected chi connectivity index (χ1v) is 10.2. The van der Waals surface area contributed by atoms with Crippen LogP contribution in [-0.4, -0.2) is 48.4 Å². The van der Waals surface area contributed by atoms with E-state index in [-0.39, 0.29) is 12.4 Å². The van der Waals surface area contributed by atoms with Crippen molar-refractivity contribution >= 4 is 18.0 Å². The minimum Gasteiger partial charge on any atom is -0.481 e. The Hall–Kier alpha value is -2.31. The molecule has 1 heterocycles. The average Bonchev–Trinajstić information content (AvgIpc) is 3.15. The number of carbonyl (C=O) groups excluding carboxylic acids is 1. The summed E-state index contributed by atoms with van der Waals surface area (Å²) in [5.41, 5.74) is -0.298. The molecule has 1 N–H and O–H groups in total. The van der Waals surface area contributed by atoms with Crippen molar-refractivity contribution < 1.29 is 24.2 Å². The summed E-state index contributed by atoms with van der Waals surface area (Å²) in [4.78, 5) is 29.0. The van der Waals surface area contributed by atoms with Crippen LogP contribution in [0, 0.1) is 5.41 Å². The van der Waals surface area contributed by atoms with Gasteiger partial charge in [-0.05, 0) is 31.4 Å². The Labute approximate surface area is 171 Å². The highest BCUT2D eigenvalue weighted by molar-refractivity contribution is 6.15. The maximum absolute atomic E-state index is 12.5. The Morgan fingerprint density at radius 1 is 1.07 bits per heavy atom. The number of hydrogen-bond acceptors (Lipinski definition) is 5. The molecule has 0 amide bonds. The van der Waals surface area contributed by atoms with Crippen molar-refractivity contribution in [2.45, 2.75) is 51.2 Å². The van der Waals surface area contributed by atoms with Gasteiger partial charge < -0.3 is 14.6 Å². The number of nitrogens with zero attached hydrogens (tertiary/aromatic N) is 1. The standard InChI is InChI=1S/C23H29NO5/c1-22(23(21(26)27)10-6-3-7-11-23)14-19(15-24-22)20(25)17-29-13-12-28-16-18-8-4-2-5-9-18/h2,4-5,8-9,14-15H,3,6-7,10-13,16-17H2,1H3,(H,26,27). The summed E-state index contributed by atoms with van der Waals surface area (Å²) >= 11 is 0. The third-order valence-corrected chi connectivity index (χ3v) is 6.03. The fourth-order valence-electron chi connectivity index (χ4n) is 4.22. The third kappa shape index (κ3) is 4.82. The molecule has 0 bridgehead atoms. The zero-order valence-corrected chi connectivity index (χ0v) is 16.9. The maximum atomic E-state index is 12.5. The first kappa shape index (κ1) is 21.4. The molecule has 1 atom stereocenters. The van der Waals surface area contributed by atoms with Gasteiger partial charge in [-0.25, -0.2) is 0 Å². The van der Waals surface area contributed by atoms with Crippen LogP contribution >= 0.6 is 0 Å². The molecule has 1 aromatic carbocycles. The van der Waals surface area contributed by atoms with E-state index in [1.54, 1.807) is 6.08 Å². The molecule has 1 fully saturated rings. The normalized spacial score (nSPS) is 23.0. The van der Waals surface area contributed by atoms with Crippen molar-refractivity contribution in [2.75, 3.05) is 19.8 Å². The minimum absolute atomic E-state index is 0.0668. The second kappa shape index (κ2) is 9.46. The number of carbonyl (C=O) groups is 2. The lowest BCUT2D eigenvalue weighted by Crippen LogP contribution is -2.49. The number of Topliss-reactive ketones (excluding diaryl/α,β-unsaturated/α-hetero) is 1. The van der Waals surface area contributed by atoms with Gasteiger partial charge in [-0.3, -0.25) is 14.6 Å². The molecule has 6 heteroatoms. The van der Waals surface area contributed by atoms with Gasteiger partial charge in [0.15, 0.2) is 5.78 Å². The summed E-state index contributed by atoms with van der Waals surface area (Å²) in [5, 5.41) is 9.92. The number of carboxylic acids is 1. The van der Waals surface area contributed by atoms with Crippen LogP contribution in [0.1, 0.15) is 44.6 Å². The minimum atomic E-state index is -0.935. The predicted octanol–water partition coefficient (Wildman–Crippen LogP) is 3.59. The summed E-state index contributed by atoms with van der Waals surface area (Å²) in [7, 11) is 0. The van der Waals surface area contributed by atoms with Gasteiger partial charge in [0, 0.05) is 11.8 Å². The molecule has 1 aromatic rings. The summed E-state index contributed by atoms with van der Waals surface area (Å²) in [5.74, 6) is -1.01. The van der Waals surface area contributed by atoms with E-state index < -0.39 is 16.9 Å². The highest BCUT2D eigenvalue weighted by atomic mass is 16.5. The van der Waals surface area contributed by atoms with Crippen LogP contribution < -0.4 is 0 Å². The van der Waals surface area contributed by atoms with Crippen LogP contribution in [0.4, 0.5) is 0 Å². The van der Waals surface area contributed by atoms with Gasteiger partial charge >= 0.3 is 5.97 Å². The number of aliphatic imine (C=N–C) groups is 1. The van der Waals surface area contributed by atoms with E-state index in [1.165, 1.54) is 6.21 Å². The second-order valence-corrected chi connectivity index (χ2v) is 7.97. The van der Waals surface area contributed by atoms with Crippen LogP contribution in [-0.2, 0) is 25.7 Å². The molecule has 0 aromatic heterocycles. The molecular formula is C23H29NO5. The molecule has 0 saturated heterocycles. The van der Waals surface area contributed by atoms with Crippen molar-refractivity contribution in [1.82, 2.24) is 0 Å². The Kier molecular flexibility index (Phi) is 6.98. The van der Waals surface area contributed by atoms with Crippen molar-refractivity contribution in [3.8, 4) is 0 Å². The number of aliphatic carboxylic acids is 1. The molecule has 1 aliphatic heterocycles. The first-order valence-electron chi connectivity index (χ1n) is 10.2. The Morgan fingerprint density at radius 2 is 1.76 bits per heavy atom. The number of benzene rings is 1. The molecule has 1 unspecified atom stereocenters. The van der Waals surface area contributed by atoms with Crippen molar-refractivity contribution in [1.29, 1.82) is 0 Å². The van der Waals surface area contributed by atoms with E-state index in [0.717, 1.165) is 24.8 Å². The smallest absolute Gasteiger partial charge is 0.312 e. The van der Waals surface area contributed by atoms with E-state index in [9.17, 15) is 14.7 Å². The van der Waals surface area contributed by atoms with Gasteiger partial charge in [0.05, 0.1) is 30.8 Å². The summed E-state index contributed by atoms with van der Waals surface area (Å²) in [6.07, 6.45) is 7.21. The predicted molar refractivity (Wildman–Crippen MR) is 110 cm³/mol. The lowest BCUT2D eigenvalue weighted by atomic mass is 9.62. The number of ether oxygens (including phenoxy) is 2. The van der Waals surface area contributed by atoms with Gasteiger partial charge in [0.1, 0.15) is 6.61 Å². The van der Waals surface area contributed by atoms with Crippen LogP contribution in [0.25, 0.3) is 0 Å². The number of ketones is 1. The highest BCUT2D eigenvalue weighted by Gasteiger charge is 2.54. The number of rotatable bonds is 10. The van der Waals surface area contributed by atoms with Crippen molar-refractivity contribution in [2.24, 2.45) is 10.4 Å². The third-order valence-electron chi connectivity index (χ3n) is 6.03. The molecule has 0 radical (unpaired) electrons. The van der Waals surface area contributed by atoms with Gasteiger partial charge in [0.2, 0.25) is 0 Å². The van der Waals surface area contributed by atoms with Gasteiger partial charge in [-0.1, -0.05) is 49.6 Å².